The number of nitrogens with two attached hydrogens (primary N) is 1. The Bertz CT molecular complexity index is 621. The van der Waals surface area contributed by atoms with Gasteiger partial charge in [-0.05, 0) is 42.8 Å². The third-order valence-electron chi connectivity index (χ3n) is 2.74. The summed E-state index contributed by atoms with van der Waals surface area (Å²) in [4.78, 5) is 12.1. The van der Waals surface area contributed by atoms with Crippen LogP contribution in [-0.4, -0.2) is 11.0 Å². The van der Waals surface area contributed by atoms with Crippen LogP contribution in [0, 0.1) is 6.92 Å². The first-order valence-electron chi connectivity index (χ1n) is 5.64. The smallest absolute Gasteiger partial charge is 0.256 e. The van der Waals surface area contributed by atoms with E-state index in [1.165, 1.54) is 12.1 Å². The Labute approximate surface area is 115 Å². The average molecular weight is 277 g/mol. The molecule has 0 heterocycles. The fourth-order valence-corrected chi connectivity index (χ4v) is 1.99. The predicted molar refractivity (Wildman–Crippen MR) is 76.7 cm³/mol. The van der Waals surface area contributed by atoms with Gasteiger partial charge in [-0.3, -0.25) is 4.79 Å². The number of phenols is 1. The van der Waals surface area contributed by atoms with Gasteiger partial charge in [0.05, 0.1) is 16.4 Å². The first-order chi connectivity index (χ1) is 8.99. The van der Waals surface area contributed by atoms with Crippen LogP contribution in [0.4, 0.5) is 11.4 Å². The molecule has 2 rings (SSSR count). The highest BCUT2D eigenvalue weighted by Gasteiger charge is 2.13. The summed E-state index contributed by atoms with van der Waals surface area (Å²) in [6.45, 7) is 1.74. The summed E-state index contributed by atoms with van der Waals surface area (Å²) in [5, 5.41) is 12.4. The van der Waals surface area contributed by atoms with Crippen molar-refractivity contribution in [1.82, 2.24) is 0 Å². The Morgan fingerprint density at radius 2 is 2.05 bits per heavy atom. The van der Waals surface area contributed by atoms with E-state index in [9.17, 15) is 9.90 Å². The normalized spacial score (nSPS) is 10.2. The summed E-state index contributed by atoms with van der Waals surface area (Å²) in [5.41, 5.74) is 7.69. The van der Waals surface area contributed by atoms with Crippen molar-refractivity contribution in [3.63, 3.8) is 0 Å². The van der Waals surface area contributed by atoms with E-state index < -0.39 is 0 Å². The lowest BCUT2D eigenvalue weighted by Crippen LogP contribution is -2.14. The van der Waals surface area contributed by atoms with Gasteiger partial charge in [0, 0.05) is 5.56 Å². The molecule has 98 valence electrons. The van der Waals surface area contributed by atoms with Gasteiger partial charge >= 0.3 is 0 Å². The molecular formula is C14H13ClN2O2. The molecule has 0 fully saturated rings. The lowest BCUT2D eigenvalue weighted by atomic mass is 10.1. The molecule has 0 atom stereocenters. The molecule has 5 heteroatoms. The molecule has 0 spiro atoms. The Balaban J connectivity index is 2.31. The van der Waals surface area contributed by atoms with Crippen molar-refractivity contribution >= 4 is 28.9 Å². The Kier molecular flexibility index (Phi) is 3.62. The average Bonchev–Trinajstić information content (AvgIpc) is 2.33. The molecule has 4 N–H and O–H groups in total. The maximum absolute atomic E-state index is 12.1. The lowest BCUT2D eigenvalue weighted by Gasteiger charge is -2.11. The SMILES string of the molecule is Cc1cc(O)ccc1C(=O)Nc1c(N)cccc1Cl. The molecule has 0 saturated carbocycles. The fraction of sp³-hybridized carbons (Fsp3) is 0.0714. The molecule has 0 bridgehead atoms. The number of amides is 1. The summed E-state index contributed by atoms with van der Waals surface area (Å²) in [5.74, 6) is -0.205. The lowest BCUT2D eigenvalue weighted by molar-refractivity contribution is 0.102. The molecular weight excluding hydrogens is 264 g/mol. The van der Waals surface area contributed by atoms with E-state index in [4.69, 9.17) is 17.3 Å². The van der Waals surface area contributed by atoms with Crippen LogP contribution in [0.15, 0.2) is 36.4 Å². The van der Waals surface area contributed by atoms with E-state index >= 15 is 0 Å². The Hall–Kier alpha value is -2.20. The van der Waals surface area contributed by atoms with Gasteiger partial charge in [-0.25, -0.2) is 0 Å². The minimum Gasteiger partial charge on any atom is -0.508 e. The van der Waals surface area contributed by atoms with Gasteiger partial charge in [0.1, 0.15) is 5.75 Å². The zero-order valence-corrected chi connectivity index (χ0v) is 11.0. The minimum absolute atomic E-state index is 0.117. The maximum atomic E-state index is 12.1. The van der Waals surface area contributed by atoms with Gasteiger partial charge in [0.25, 0.3) is 5.91 Å². The summed E-state index contributed by atoms with van der Waals surface area (Å²) >= 11 is 5.99. The number of benzene rings is 2. The van der Waals surface area contributed by atoms with Crippen molar-refractivity contribution in [3.8, 4) is 5.75 Å². The number of rotatable bonds is 2. The number of hydrogen-bond donors (Lipinski definition) is 3. The second kappa shape index (κ2) is 5.20. The van der Waals surface area contributed by atoms with Crippen molar-refractivity contribution in [3.05, 3.63) is 52.5 Å². The van der Waals surface area contributed by atoms with Gasteiger partial charge in [-0.2, -0.15) is 0 Å². The molecule has 0 radical (unpaired) electrons. The van der Waals surface area contributed by atoms with Crippen LogP contribution in [0.3, 0.4) is 0 Å². The van der Waals surface area contributed by atoms with Crippen molar-refractivity contribution in [1.29, 1.82) is 0 Å². The van der Waals surface area contributed by atoms with Crippen LogP contribution in [0.5, 0.6) is 5.75 Å². The number of para-hydroxylation sites is 1. The molecule has 0 aliphatic rings. The summed E-state index contributed by atoms with van der Waals surface area (Å²) in [7, 11) is 0. The minimum atomic E-state index is -0.322. The molecule has 2 aromatic carbocycles. The number of carbonyl (C=O) groups is 1. The highest BCUT2D eigenvalue weighted by molar-refractivity contribution is 6.34. The number of phenolic OH excluding ortho intramolecular Hbond substituents is 1. The second-order valence-corrected chi connectivity index (χ2v) is 4.56. The number of carbonyl (C=O) groups excluding carboxylic acids is 1. The second-order valence-electron chi connectivity index (χ2n) is 4.16. The number of nitrogen functional groups attached to an aromatic ring is 1. The molecule has 0 aliphatic carbocycles. The third kappa shape index (κ3) is 2.80. The molecule has 1 amide bonds. The van der Waals surface area contributed by atoms with Crippen LogP contribution < -0.4 is 11.1 Å². The number of hydrogen-bond acceptors (Lipinski definition) is 3. The van der Waals surface area contributed by atoms with E-state index in [0.717, 1.165) is 0 Å². The van der Waals surface area contributed by atoms with Gasteiger partial charge in [-0.1, -0.05) is 17.7 Å². The zero-order chi connectivity index (χ0) is 14.0. The number of aromatic hydroxyl groups is 1. The van der Waals surface area contributed by atoms with E-state index in [2.05, 4.69) is 5.32 Å². The van der Waals surface area contributed by atoms with Gasteiger partial charge < -0.3 is 16.2 Å². The largest absolute Gasteiger partial charge is 0.508 e. The van der Waals surface area contributed by atoms with Gasteiger partial charge in [0.15, 0.2) is 0 Å². The molecule has 0 aliphatic heterocycles. The highest BCUT2D eigenvalue weighted by Crippen LogP contribution is 2.28. The van der Waals surface area contributed by atoms with Gasteiger partial charge in [-0.15, -0.1) is 0 Å². The predicted octanol–water partition coefficient (Wildman–Crippen LogP) is 3.19. The maximum Gasteiger partial charge on any atom is 0.256 e. The van der Waals surface area contributed by atoms with E-state index in [1.54, 1.807) is 31.2 Å². The monoisotopic (exact) mass is 276 g/mol. The fourth-order valence-electron chi connectivity index (χ4n) is 1.76. The summed E-state index contributed by atoms with van der Waals surface area (Å²) < 4.78 is 0. The summed E-state index contributed by atoms with van der Waals surface area (Å²) in [6.07, 6.45) is 0. The van der Waals surface area contributed by atoms with E-state index in [0.29, 0.717) is 27.5 Å². The van der Waals surface area contributed by atoms with Crippen molar-refractivity contribution in [2.45, 2.75) is 6.92 Å². The number of halogens is 1. The third-order valence-corrected chi connectivity index (χ3v) is 3.05. The van der Waals surface area contributed by atoms with Crippen molar-refractivity contribution in [2.75, 3.05) is 11.1 Å². The van der Waals surface area contributed by atoms with Gasteiger partial charge in [0.2, 0.25) is 0 Å². The van der Waals surface area contributed by atoms with Crippen LogP contribution in [0.1, 0.15) is 15.9 Å². The molecule has 2 aromatic rings. The molecule has 4 nitrogen and oxygen atoms in total. The Morgan fingerprint density at radius 3 is 2.68 bits per heavy atom. The van der Waals surface area contributed by atoms with E-state index in [-0.39, 0.29) is 11.7 Å². The Morgan fingerprint density at radius 1 is 1.32 bits per heavy atom. The van der Waals surface area contributed by atoms with Crippen molar-refractivity contribution in [2.24, 2.45) is 0 Å². The van der Waals surface area contributed by atoms with Crippen molar-refractivity contribution < 1.29 is 9.90 Å². The highest BCUT2D eigenvalue weighted by atomic mass is 35.5. The number of aryl methyl sites for hydroxylation is 1. The number of anilines is 2. The quantitative estimate of drug-likeness (QED) is 0.737. The van der Waals surface area contributed by atoms with Crippen LogP contribution in [0.25, 0.3) is 0 Å². The van der Waals surface area contributed by atoms with Crippen LogP contribution >= 0.6 is 11.6 Å². The van der Waals surface area contributed by atoms with Crippen LogP contribution in [0.2, 0.25) is 5.02 Å². The zero-order valence-electron chi connectivity index (χ0n) is 10.3. The molecule has 0 saturated heterocycles. The standard InChI is InChI=1S/C14H13ClN2O2/c1-8-7-9(18)5-6-10(8)14(19)17-13-11(15)3-2-4-12(13)16/h2-7,18H,16H2,1H3,(H,17,19). The van der Waals surface area contributed by atoms with E-state index in [1.807, 2.05) is 0 Å². The molecule has 0 aromatic heterocycles. The summed E-state index contributed by atoms with van der Waals surface area (Å²) in [6, 6.07) is 9.54. The molecule has 0 unspecified atom stereocenters. The molecule has 19 heavy (non-hydrogen) atoms. The number of nitrogens with one attached hydrogen (secondary N) is 1. The first kappa shape index (κ1) is 13.2. The topological polar surface area (TPSA) is 75.3 Å². The van der Waals surface area contributed by atoms with Crippen LogP contribution in [-0.2, 0) is 0 Å². The first-order valence-corrected chi connectivity index (χ1v) is 6.02.